The molecule has 13 rings (SSSR count). The smallest absolute Gasteiger partial charge is 0.0756 e. The van der Waals surface area contributed by atoms with Crippen molar-refractivity contribution in [2.75, 3.05) is 4.90 Å². The van der Waals surface area contributed by atoms with Gasteiger partial charge in [-0.15, -0.1) is 0 Å². The summed E-state index contributed by atoms with van der Waals surface area (Å²) in [4.78, 5) is 5.24. The van der Waals surface area contributed by atoms with Gasteiger partial charge in [0, 0.05) is 37.6 Å². The van der Waals surface area contributed by atoms with Crippen LogP contribution in [0, 0.1) is 0 Å². The molecule has 0 fully saturated rings. The average Bonchev–Trinajstić information content (AvgIpc) is 3.81. The Morgan fingerprint density at radius 2 is 0.852 bits per heavy atom. The quantitative estimate of drug-likeness (QED) is 0.175. The Hall–Kier alpha value is -6.61. The monoisotopic (exact) mass is 797 g/mol. The van der Waals surface area contributed by atoms with Gasteiger partial charge in [0.25, 0.3) is 0 Å². The van der Waals surface area contributed by atoms with Crippen molar-refractivity contribution in [1.29, 1.82) is 0 Å². The van der Waals surface area contributed by atoms with Gasteiger partial charge in [-0.3, -0.25) is 0 Å². The van der Waals surface area contributed by atoms with Gasteiger partial charge in [0.2, 0.25) is 0 Å². The van der Waals surface area contributed by atoms with E-state index < -0.39 is 5.41 Å². The summed E-state index contributed by atoms with van der Waals surface area (Å²) in [7, 11) is 0. The molecule has 1 heterocycles. The van der Waals surface area contributed by atoms with Crippen LogP contribution >= 0.6 is 11.8 Å². The van der Waals surface area contributed by atoms with Crippen molar-refractivity contribution < 1.29 is 0 Å². The maximum absolute atomic E-state index is 2.61. The maximum atomic E-state index is 2.61. The van der Waals surface area contributed by atoms with Gasteiger partial charge in [-0.05, 0) is 119 Å². The molecule has 1 nitrogen and oxygen atoms in total. The lowest BCUT2D eigenvalue weighted by atomic mass is 9.66. The van der Waals surface area contributed by atoms with Gasteiger partial charge in [-0.2, -0.15) is 0 Å². The van der Waals surface area contributed by atoms with Crippen LogP contribution in [0.4, 0.5) is 17.1 Å². The van der Waals surface area contributed by atoms with Gasteiger partial charge < -0.3 is 4.90 Å². The fourth-order valence-electron chi connectivity index (χ4n) is 11.9. The van der Waals surface area contributed by atoms with Crippen molar-refractivity contribution in [2.24, 2.45) is 0 Å². The third-order valence-corrected chi connectivity index (χ3v) is 15.9. The second-order valence-corrected chi connectivity index (χ2v) is 19.4. The highest BCUT2D eigenvalue weighted by molar-refractivity contribution is 7.99. The molecule has 0 amide bonds. The standard InChI is InChI=1S/C59H43NS/c1-57(2)46-22-11-7-18-40(46)44-31-29-37(34-51(44)57)60(38-30-32-45-41-19-8-12-23-47(41)58(3,4)52(45)35-38)53-26-15-27-54-55(53)59(50-33-28-36-16-5-6-17-39(36)56(50)61-54)48-24-13-9-20-42(48)43-21-10-14-25-49(43)59/h5-35H,1-4H3. The third-order valence-electron chi connectivity index (χ3n) is 14.7. The second-order valence-electron chi connectivity index (χ2n) is 18.4. The molecule has 0 bridgehead atoms. The summed E-state index contributed by atoms with van der Waals surface area (Å²) < 4.78 is 0. The Morgan fingerprint density at radius 3 is 1.43 bits per heavy atom. The Bertz CT molecular complexity index is 3210. The van der Waals surface area contributed by atoms with E-state index in [1.165, 1.54) is 116 Å². The maximum Gasteiger partial charge on any atom is 0.0756 e. The van der Waals surface area contributed by atoms with Crippen molar-refractivity contribution in [3.8, 4) is 33.4 Å². The number of benzene rings is 9. The highest BCUT2D eigenvalue weighted by Gasteiger charge is 2.52. The fourth-order valence-corrected chi connectivity index (χ4v) is 13.3. The topological polar surface area (TPSA) is 3.24 Å². The minimum atomic E-state index is -0.569. The first-order valence-electron chi connectivity index (χ1n) is 21.6. The van der Waals surface area contributed by atoms with Crippen LogP contribution in [0.15, 0.2) is 198 Å². The molecule has 4 aliphatic rings. The fraction of sp³-hybridized carbons (Fsp3) is 0.119. The second kappa shape index (κ2) is 12.2. The summed E-state index contributed by atoms with van der Waals surface area (Å²) in [5.41, 5.74) is 21.5. The molecule has 3 aliphatic carbocycles. The van der Waals surface area contributed by atoms with Crippen LogP contribution in [-0.4, -0.2) is 0 Å². The van der Waals surface area contributed by atoms with E-state index in [-0.39, 0.29) is 10.8 Å². The van der Waals surface area contributed by atoms with Crippen LogP contribution in [0.1, 0.15) is 72.2 Å². The Morgan fingerprint density at radius 1 is 0.377 bits per heavy atom. The van der Waals surface area contributed by atoms with Gasteiger partial charge in [0.15, 0.2) is 0 Å². The third kappa shape index (κ3) is 4.48. The number of nitrogens with zero attached hydrogens (tertiary/aromatic N) is 1. The van der Waals surface area contributed by atoms with Crippen LogP contribution in [-0.2, 0) is 16.2 Å². The lowest BCUT2D eigenvalue weighted by Gasteiger charge is -2.43. The molecule has 0 radical (unpaired) electrons. The average molecular weight is 798 g/mol. The zero-order valence-electron chi connectivity index (χ0n) is 34.8. The van der Waals surface area contributed by atoms with Crippen LogP contribution in [0.3, 0.4) is 0 Å². The summed E-state index contributed by atoms with van der Waals surface area (Å²) >= 11 is 1.94. The van der Waals surface area contributed by atoms with Gasteiger partial charge >= 0.3 is 0 Å². The predicted molar refractivity (Wildman–Crippen MR) is 255 cm³/mol. The van der Waals surface area contributed by atoms with Crippen LogP contribution in [0.25, 0.3) is 44.2 Å². The van der Waals surface area contributed by atoms with E-state index in [0.717, 1.165) is 0 Å². The summed E-state index contributed by atoms with van der Waals surface area (Å²) in [5.74, 6) is 0. The number of hydrogen-bond donors (Lipinski definition) is 0. The molecule has 0 saturated carbocycles. The van der Waals surface area contributed by atoms with Crippen molar-refractivity contribution >= 4 is 39.6 Å². The van der Waals surface area contributed by atoms with E-state index in [9.17, 15) is 0 Å². The van der Waals surface area contributed by atoms with Crippen molar-refractivity contribution in [3.05, 3.63) is 233 Å². The Kier molecular flexibility index (Phi) is 7.06. The molecule has 2 heteroatoms. The molecule has 9 aromatic rings. The van der Waals surface area contributed by atoms with E-state index in [0.29, 0.717) is 0 Å². The molecule has 0 N–H and O–H groups in total. The summed E-state index contributed by atoms with van der Waals surface area (Å²) in [6.07, 6.45) is 0. The molecule has 9 aromatic carbocycles. The predicted octanol–water partition coefficient (Wildman–Crippen LogP) is 15.7. The minimum Gasteiger partial charge on any atom is -0.310 e. The van der Waals surface area contributed by atoms with Crippen molar-refractivity contribution in [2.45, 2.75) is 53.7 Å². The number of anilines is 3. The normalized spacial score (nSPS) is 15.9. The Labute approximate surface area is 362 Å². The Balaban J connectivity index is 1.14. The molecular formula is C59H43NS. The first-order chi connectivity index (χ1) is 29.8. The van der Waals surface area contributed by atoms with Crippen molar-refractivity contribution in [1.82, 2.24) is 0 Å². The van der Waals surface area contributed by atoms with Gasteiger partial charge in [0.05, 0.1) is 11.1 Å². The van der Waals surface area contributed by atoms with Crippen LogP contribution < -0.4 is 4.90 Å². The molecule has 1 aliphatic heterocycles. The van der Waals surface area contributed by atoms with Crippen molar-refractivity contribution in [3.63, 3.8) is 0 Å². The molecule has 1 spiro atoms. The largest absolute Gasteiger partial charge is 0.310 e. The summed E-state index contributed by atoms with van der Waals surface area (Å²) in [6, 6.07) is 71.7. The SMILES string of the molecule is CC1(C)c2ccccc2-c2ccc(N(c3ccc4c(c3)C(C)(C)c3ccccc3-4)c3cccc4c3C3(c5ccccc5-c5ccccc53)c3ccc5ccccc5c3S4)cc21. The lowest BCUT2D eigenvalue weighted by Crippen LogP contribution is -2.34. The summed E-state index contributed by atoms with van der Waals surface area (Å²) in [5, 5.41) is 2.58. The first kappa shape index (κ1) is 35.2. The van der Waals surface area contributed by atoms with Crippen LogP contribution in [0.2, 0.25) is 0 Å². The zero-order chi connectivity index (χ0) is 40.8. The number of rotatable bonds is 3. The van der Waals surface area contributed by atoms with Gasteiger partial charge in [0.1, 0.15) is 0 Å². The number of fused-ring (bicyclic) bond motifs is 17. The molecule has 61 heavy (non-hydrogen) atoms. The minimum absolute atomic E-state index is 0.147. The highest BCUT2D eigenvalue weighted by atomic mass is 32.2. The van der Waals surface area contributed by atoms with Gasteiger partial charge in [-0.1, -0.05) is 191 Å². The van der Waals surface area contributed by atoms with E-state index in [1.54, 1.807) is 0 Å². The van der Waals surface area contributed by atoms with E-state index in [1.807, 2.05) is 11.8 Å². The molecule has 0 atom stereocenters. The highest BCUT2D eigenvalue weighted by Crippen LogP contribution is 2.66. The molecule has 0 saturated heterocycles. The molecular weight excluding hydrogens is 755 g/mol. The molecule has 0 aromatic heterocycles. The van der Waals surface area contributed by atoms with E-state index in [2.05, 4.69) is 221 Å². The summed E-state index contributed by atoms with van der Waals surface area (Å²) in [6.45, 7) is 9.57. The lowest BCUT2D eigenvalue weighted by molar-refractivity contribution is 0.660. The van der Waals surface area contributed by atoms with E-state index in [4.69, 9.17) is 0 Å². The zero-order valence-corrected chi connectivity index (χ0v) is 35.6. The molecule has 0 unspecified atom stereocenters. The van der Waals surface area contributed by atoms with Crippen LogP contribution in [0.5, 0.6) is 0 Å². The molecule has 290 valence electrons. The first-order valence-corrected chi connectivity index (χ1v) is 22.4. The van der Waals surface area contributed by atoms with Gasteiger partial charge in [-0.25, -0.2) is 0 Å². The van der Waals surface area contributed by atoms with E-state index >= 15 is 0 Å². The number of hydrogen-bond acceptors (Lipinski definition) is 2.